The Hall–Kier alpha value is -2.46. The number of amides is 1. The number of nitriles is 1. The number of nitro benzene ring substituents is 1. The summed E-state index contributed by atoms with van der Waals surface area (Å²) in [6, 6.07) is 5.83. The van der Waals surface area contributed by atoms with E-state index in [-0.39, 0.29) is 22.8 Å². The number of carbonyl (C=O) groups is 1. The van der Waals surface area contributed by atoms with E-state index in [0.29, 0.717) is 13.0 Å². The summed E-state index contributed by atoms with van der Waals surface area (Å²) in [4.78, 5) is 22.6. The Bertz CT molecular complexity index is 600. The molecule has 1 aromatic rings. The molecule has 1 amide bonds. The van der Waals surface area contributed by atoms with Gasteiger partial charge in [-0.25, -0.2) is 0 Å². The van der Waals surface area contributed by atoms with E-state index in [9.17, 15) is 14.9 Å². The van der Waals surface area contributed by atoms with Gasteiger partial charge >= 0.3 is 0 Å². The van der Waals surface area contributed by atoms with Crippen LogP contribution < -0.4 is 10.6 Å². The molecule has 0 saturated carbocycles. The molecular formula is C13H14N4O3. The smallest absolute Gasteiger partial charge is 0.294 e. The van der Waals surface area contributed by atoms with Gasteiger partial charge in [-0.1, -0.05) is 0 Å². The minimum atomic E-state index is -0.605. The molecule has 7 nitrogen and oxygen atoms in total. The first-order chi connectivity index (χ1) is 9.46. The fourth-order valence-corrected chi connectivity index (χ4v) is 2.14. The van der Waals surface area contributed by atoms with Crippen LogP contribution in [0.25, 0.3) is 0 Å². The molecule has 0 aliphatic carbocycles. The number of benzene rings is 1. The standard InChI is InChI=1S/C13H14N4O3/c1-13(4-5-15-8-13)12(18)16-10-3-2-9(7-14)6-11(10)17(19)20/h2-3,6,15H,4-5,8H2,1H3,(H,16,18). The van der Waals surface area contributed by atoms with Crippen LogP contribution in [0.4, 0.5) is 11.4 Å². The van der Waals surface area contributed by atoms with Gasteiger partial charge in [-0.3, -0.25) is 14.9 Å². The van der Waals surface area contributed by atoms with E-state index >= 15 is 0 Å². The lowest BCUT2D eigenvalue weighted by molar-refractivity contribution is -0.384. The van der Waals surface area contributed by atoms with Gasteiger partial charge in [-0.05, 0) is 32.0 Å². The van der Waals surface area contributed by atoms with Crippen LogP contribution in [-0.2, 0) is 4.79 Å². The second kappa shape index (κ2) is 5.27. The van der Waals surface area contributed by atoms with Gasteiger partial charge in [0.15, 0.2) is 0 Å². The quantitative estimate of drug-likeness (QED) is 0.639. The Labute approximate surface area is 115 Å². The maximum absolute atomic E-state index is 12.2. The van der Waals surface area contributed by atoms with Crippen LogP contribution in [0.1, 0.15) is 18.9 Å². The molecule has 1 atom stereocenters. The van der Waals surface area contributed by atoms with Crippen LogP contribution in [-0.4, -0.2) is 23.9 Å². The number of hydrogen-bond donors (Lipinski definition) is 2. The van der Waals surface area contributed by atoms with Crippen LogP contribution in [0, 0.1) is 26.9 Å². The molecule has 7 heteroatoms. The van der Waals surface area contributed by atoms with Crippen molar-refractivity contribution in [3.05, 3.63) is 33.9 Å². The zero-order valence-corrected chi connectivity index (χ0v) is 11.0. The largest absolute Gasteiger partial charge is 0.320 e. The monoisotopic (exact) mass is 274 g/mol. The van der Waals surface area contributed by atoms with Crippen LogP contribution in [0.15, 0.2) is 18.2 Å². The Morgan fingerprint density at radius 3 is 2.90 bits per heavy atom. The zero-order chi connectivity index (χ0) is 14.8. The third-order valence-electron chi connectivity index (χ3n) is 3.49. The van der Waals surface area contributed by atoms with E-state index in [1.165, 1.54) is 12.1 Å². The summed E-state index contributed by atoms with van der Waals surface area (Å²) in [5.74, 6) is -0.254. The summed E-state index contributed by atoms with van der Waals surface area (Å²) in [5, 5.41) is 25.5. The molecule has 0 spiro atoms. The van der Waals surface area contributed by atoms with Crippen LogP contribution in [0.5, 0.6) is 0 Å². The third-order valence-corrected chi connectivity index (χ3v) is 3.49. The van der Waals surface area contributed by atoms with Gasteiger partial charge in [0.05, 0.1) is 22.0 Å². The van der Waals surface area contributed by atoms with Crippen molar-refractivity contribution < 1.29 is 9.72 Å². The van der Waals surface area contributed by atoms with Crippen LogP contribution in [0.3, 0.4) is 0 Å². The molecule has 104 valence electrons. The van der Waals surface area contributed by atoms with Gasteiger partial charge < -0.3 is 10.6 Å². The number of nitro groups is 1. The topological polar surface area (TPSA) is 108 Å². The molecule has 1 fully saturated rings. The predicted molar refractivity (Wildman–Crippen MR) is 72.0 cm³/mol. The summed E-state index contributed by atoms with van der Waals surface area (Å²) in [7, 11) is 0. The molecular weight excluding hydrogens is 260 g/mol. The van der Waals surface area contributed by atoms with Crippen molar-refractivity contribution in [3.8, 4) is 6.07 Å². The highest BCUT2D eigenvalue weighted by Gasteiger charge is 2.37. The maximum atomic E-state index is 12.2. The van der Waals surface area contributed by atoms with Crippen molar-refractivity contribution in [2.24, 2.45) is 5.41 Å². The van der Waals surface area contributed by atoms with Gasteiger partial charge in [0, 0.05) is 12.6 Å². The van der Waals surface area contributed by atoms with Crippen molar-refractivity contribution in [2.45, 2.75) is 13.3 Å². The van der Waals surface area contributed by atoms with Crippen molar-refractivity contribution in [1.29, 1.82) is 5.26 Å². The molecule has 2 rings (SSSR count). The summed E-state index contributed by atoms with van der Waals surface area (Å²) in [6.07, 6.45) is 0.683. The second-order valence-corrected chi connectivity index (χ2v) is 5.04. The minimum Gasteiger partial charge on any atom is -0.320 e. The van der Waals surface area contributed by atoms with E-state index in [0.717, 1.165) is 12.6 Å². The van der Waals surface area contributed by atoms with E-state index in [2.05, 4.69) is 10.6 Å². The minimum absolute atomic E-state index is 0.118. The third kappa shape index (κ3) is 2.60. The van der Waals surface area contributed by atoms with Gasteiger partial charge in [-0.2, -0.15) is 5.26 Å². The molecule has 1 unspecified atom stereocenters. The fraction of sp³-hybridized carbons (Fsp3) is 0.385. The normalized spacial score (nSPS) is 21.2. The first-order valence-electron chi connectivity index (χ1n) is 6.17. The van der Waals surface area contributed by atoms with Crippen LogP contribution >= 0.6 is 0 Å². The van der Waals surface area contributed by atoms with E-state index < -0.39 is 10.3 Å². The first-order valence-corrected chi connectivity index (χ1v) is 6.17. The van der Waals surface area contributed by atoms with Gasteiger partial charge in [-0.15, -0.1) is 0 Å². The van der Waals surface area contributed by atoms with Crippen molar-refractivity contribution in [2.75, 3.05) is 18.4 Å². The lowest BCUT2D eigenvalue weighted by Crippen LogP contribution is -2.35. The lowest BCUT2D eigenvalue weighted by Gasteiger charge is -2.21. The number of hydrogen-bond acceptors (Lipinski definition) is 5. The summed E-state index contributed by atoms with van der Waals surface area (Å²) < 4.78 is 0. The Morgan fingerprint density at radius 2 is 2.35 bits per heavy atom. The summed E-state index contributed by atoms with van der Waals surface area (Å²) >= 11 is 0. The molecule has 1 aliphatic heterocycles. The summed E-state index contributed by atoms with van der Waals surface area (Å²) in [6.45, 7) is 3.11. The van der Waals surface area contributed by atoms with Gasteiger partial charge in [0.25, 0.3) is 5.69 Å². The zero-order valence-electron chi connectivity index (χ0n) is 11.0. The molecule has 1 aromatic carbocycles. The lowest BCUT2D eigenvalue weighted by atomic mass is 9.88. The average molecular weight is 274 g/mol. The van der Waals surface area contributed by atoms with E-state index in [1.54, 1.807) is 0 Å². The Balaban J connectivity index is 2.27. The van der Waals surface area contributed by atoms with Crippen molar-refractivity contribution in [3.63, 3.8) is 0 Å². The van der Waals surface area contributed by atoms with Gasteiger partial charge in [0.2, 0.25) is 5.91 Å². The molecule has 0 bridgehead atoms. The molecule has 20 heavy (non-hydrogen) atoms. The fourth-order valence-electron chi connectivity index (χ4n) is 2.14. The maximum Gasteiger partial charge on any atom is 0.294 e. The van der Waals surface area contributed by atoms with E-state index in [4.69, 9.17) is 5.26 Å². The van der Waals surface area contributed by atoms with Crippen molar-refractivity contribution >= 4 is 17.3 Å². The number of nitrogens with zero attached hydrogens (tertiary/aromatic N) is 2. The SMILES string of the molecule is CC1(C(=O)Nc2ccc(C#N)cc2[N+](=O)[O-])CCNC1. The molecule has 1 saturated heterocycles. The Morgan fingerprint density at radius 1 is 1.60 bits per heavy atom. The van der Waals surface area contributed by atoms with Crippen LogP contribution in [0.2, 0.25) is 0 Å². The number of carbonyl (C=O) groups excluding carboxylic acids is 1. The summed E-state index contributed by atoms with van der Waals surface area (Å²) in [5.41, 5.74) is -0.538. The highest BCUT2D eigenvalue weighted by atomic mass is 16.6. The first kappa shape index (κ1) is 14.0. The predicted octanol–water partition coefficient (Wildman–Crippen LogP) is 1.40. The number of rotatable bonds is 3. The number of anilines is 1. The molecule has 1 heterocycles. The highest BCUT2D eigenvalue weighted by molar-refractivity contribution is 5.97. The molecule has 1 aliphatic rings. The molecule has 0 aromatic heterocycles. The Kier molecular flexibility index (Phi) is 3.68. The average Bonchev–Trinajstić information content (AvgIpc) is 2.87. The van der Waals surface area contributed by atoms with E-state index in [1.807, 2.05) is 13.0 Å². The number of nitrogens with one attached hydrogen (secondary N) is 2. The van der Waals surface area contributed by atoms with Gasteiger partial charge in [0.1, 0.15) is 5.69 Å². The second-order valence-electron chi connectivity index (χ2n) is 5.04. The molecule has 0 radical (unpaired) electrons. The van der Waals surface area contributed by atoms with Crippen molar-refractivity contribution in [1.82, 2.24) is 5.32 Å². The highest BCUT2D eigenvalue weighted by Crippen LogP contribution is 2.30. The molecule has 2 N–H and O–H groups in total.